The number of aromatic nitrogens is 1. The number of thiazole rings is 1. The van der Waals surface area contributed by atoms with Gasteiger partial charge in [-0.2, -0.15) is 0 Å². The Morgan fingerprint density at radius 1 is 1.32 bits per heavy atom. The van der Waals surface area contributed by atoms with Gasteiger partial charge in [0.1, 0.15) is 18.9 Å². The summed E-state index contributed by atoms with van der Waals surface area (Å²) in [6.07, 6.45) is 0. The lowest BCUT2D eigenvalue weighted by Crippen LogP contribution is -2.23. The van der Waals surface area contributed by atoms with E-state index < -0.39 is 0 Å². The maximum absolute atomic E-state index is 11.7. The van der Waals surface area contributed by atoms with Gasteiger partial charge in [-0.3, -0.25) is 4.79 Å². The summed E-state index contributed by atoms with van der Waals surface area (Å²) in [5.74, 6) is 1.31. The molecule has 0 fully saturated rings. The fourth-order valence-corrected chi connectivity index (χ4v) is 2.33. The van der Waals surface area contributed by atoms with Gasteiger partial charge in [-0.05, 0) is 17.7 Å². The molecule has 3 rings (SSSR count). The van der Waals surface area contributed by atoms with Crippen molar-refractivity contribution in [2.45, 2.75) is 6.54 Å². The number of ether oxygens (including phenoxy) is 2. The van der Waals surface area contributed by atoms with Crippen LogP contribution in [0.5, 0.6) is 11.5 Å². The minimum Gasteiger partial charge on any atom is -0.486 e. The molecule has 1 aliphatic rings. The van der Waals surface area contributed by atoms with Gasteiger partial charge in [-0.25, -0.2) is 4.98 Å². The van der Waals surface area contributed by atoms with Gasteiger partial charge in [0.05, 0.1) is 5.51 Å². The largest absolute Gasteiger partial charge is 0.486 e. The molecule has 0 unspecified atom stereocenters. The maximum Gasteiger partial charge on any atom is 0.271 e. The van der Waals surface area contributed by atoms with Gasteiger partial charge >= 0.3 is 0 Å². The molecule has 0 spiro atoms. The Morgan fingerprint density at radius 2 is 2.16 bits per heavy atom. The highest BCUT2D eigenvalue weighted by Crippen LogP contribution is 2.30. The summed E-state index contributed by atoms with van der Waals surface area (Å²) in [5.41, 5.74) is 3.05. The van der Waals surface area contributed by atoms with E-state index in [1.54, 1.807) is 10.9 Å². The molecular formula is C13H12N2O3S. The molecule has 0 aliphatic carbocycles. The van der Waals surface area contributed by atoms with Crippen molar-refractivity contribution in [1.82, 2.24) is 10.3 Å². The van der Waals surface area contributed by atoms with Crippen molar-refractivity contribution < 1.29 is 14.3 Å². The van der Waals surface area contributed by atoms with Gasteiger partial charge in [0.2, 0.25) is 0 Å². The summed E-state index contributed by atoms with van der Waals surface area (Å²) in [6, 6.07) is 5.66. The molecule has 0 saturated carbocycles. The number of carbonyl (C=O) groups excluding carboxylic acids is 1. The summed E-state index contributed by atoms with van der Waals surface area (Å²) in [6.45, 7) is 1.57. The minimum absolute atomic E-state index is 0.170. The maximum atomic E-state index is 11.7. The summed E-state index contributed by atoms with van der Waals surface area (Å²) in [4.78, 5) is 15.7. The zero-order valence-corrected chi connectivity index (χ0v) is 10.9. The zero-order valence-electron chi connectivity index (χ0n) is 10.1. The number of nitrogens with zero attached hydrogens (tertiary/aromatic N) is 1. The lowest BCUT2D eigenvalue weighted by atomic mass is 10.2. The van der Waals surface area contributed by atoms with Crippen molar-refractivity contribution >= 4 is 17.2 Å². The van der Waals surface area contributed by atoms with Gasteiger partial charge in [0.15, 0.2) is 11.5 Å². The van der Waals surface area contributed by atoms with Gasteiger partial charge in [-0.15, -0.1) is 11.3 Å². The fourth-order valence-electron chi connectivity index (χ4n) is 1.80. The van der Waals surface area contributed by atoms with Crippen LogP contribution in [-0.2, 0) is 6.54 Å². The molecule has 2 heterocycles. The fraction of sp³-hybridized carbons (Fsp3) is 0.231. The molecule has 1 amide bonds. The second kappa shape index (κ2) is 5.27. The van der Waals surface area contributed by atoms with E-state index in [1.165, 1.54) is 11.3 Å². The molecule has 0 saturated heterocycles. The summed E-state index contributed by atoms with van der Waals surface area (Å²) in [5, 5.41) is 4.54. The van der Waals surface area contributed by atoms with E-state index in [1.807, 2.05) is 18.2 Å². The van der Waals surface area contributed by atoms with E-state index in [4.69, 9.17) is 9.47 Å². The number of hydrogen-bond donors (Lipinski definition) is 1. The first-order chi connectivity index (χ1) is 9.33. The Kier molecular flexibility index (Phi) is 3.33. The second-order valence-corrected chi connectivity index (χ2v) is 4.75. The van der Waals surface area contributed by atoms with E-state index in [-0.39, 0.29) is 5.91 Å². The van der Waals surface area contributed by atoms with Crippen LogP contribution >= 0.6 is 11.3 Å². The predicted octanol–water partition coefficient (Wildman–Crippen LogP) is 1.84. The number of fused-ring (bicyclic) bond motifs is 1. The number of nitrogens with one attached hydrogen (secondary N) is 1. The molecule has 0 radical (unpaired) electrons. The standard InChI is InChI=1S/C13H12N2O3S/c16-13(10-7-19-8-15-10)14-6-9-1-2-11-12(5-9)18-4-3-17-11/h1-2,5,7-8H,3-4,6H2,(H,14,16). The molecule has 5 nitrogen and oxygen atoms in total. The SMILES string of the molecule is O=C(NCc1ccc2c(c1)OCCO2)c1cscn1. The molecule has 0 atom stereocenters. The van der Waals surface area contributed by atoms with Crippen LogP contribution in [0.3, 0.4) is 0 Å². The van der Waals surface area contributed by atoms with Crippen LogP contribution in [0.15, 0.2) is 29.1 Å². The number of rotatable bonds is 3. The average Bonchev–Trinajstić information content (AvgIpc) is 2.99. The Hall–Kier alpha value is -2.08. The van der Waals surface area contributed by atoms with E-state index in [9.17, 15) is 4.79 Å². The van der Waals surface area contributed by atoms with Gasteiger partial charge in [-0.1, -0.05) is 6.07 Å². The first-order valence-corrected chi connectivity index (χ1v) is 6.82. The van der Waals surface area contributed by atoms with Gasteiger partial charge in [0.25, 0.3) is 5.91 Å². The summed E-state index contributed by atoms with van der Waals surface area (Å²) < 4.78 is 10.9. The highest BCUT2D eigenvalue weighted by Gasteiger charge is 2.12. The smallest absolute Gasteiger partial charge is 0.271 e. The normalized spacial score (nSPS) is 13.1. The topological polar surface area (TPSA) is 60.5 Å². The van der Waals surface area contributed by atoms with Gasteiger partial charge < -0.3 is 14.8 Å². The van der Waals surface area contributed by atoms with Crippen LogP contribution in [0, 0.1) is 0 Å². The molecule has 1 aromatic heterocycles. The van der Waals surface area contributed by atoms with E-state index in [0.717, 1.165) is 17.1 Å². The van der Waals surface area contributed by atoms with Crippen LogP contribution < -0.4 is 14.8 Å². The minimum atomic E-state index is -0.170. The Morgan fingerprint density at radius 3 is 2.95 bits per heavy atom. The molecule has 1 aliphatic heterocycles. The van der Waals surface area contributed by atoms with E-state index in [0.29, 0.717) is 25.5 Å². The quantitative estimate of drug-likeness (QED) is 0.929. The zero-order chi connectivity index (χ0) is 13.1. The molecule has 0 bridgehead atoms. The Bertz CT molecular complexity index is 584. The summed E-state index contributed by atoms with van der Waals surface area (Å²) >= 11 is 1.40. The average molecular weight is 276 g/mol. The molecule has 98 valence electrons. The third-order valence-corrected chi connectivity index (χ3v) is 3.31. The third-order valence-electron chi connectivity index (χ3n) is 2.72. The molecule has 1 N–H and O–H groups in total. The molecular weight excluding hydrogens is 264 g/mol. The van der Waals surface area contributed by atoms with Crippen molar-refractivity contribution in [3.63, 3.8) is 0 Å². The van der Waals surface area contributed by atoms with E-state index in [2.05, 4.69) is 10.3 Å². The number of benzene rings is 1. The highest BCUT2D eigenvalue weighted by molar-refractivity contribution is 7.07. The van der Waals surface area contributed by atoms with Crippen molar-refractivity contribution in [3.05, 3.63) is 40.3 Å². The predicted molar refractivity (Wildman–Crippen MR) is 70.7 cm³/mol. The number of hydrogen-bond acceptors (Lipinski definition) is 5. The number of carbonyl (C=O) groups is 1. The van der Waals surface area contributed by atoms with Crippen molar-refractivity contribution in [2.24, 2.45) is 0 Å². The van der Waals surface area contributed by atoms with Crippen molar-refractivity contribution in [2.75, 3.05) is 13.2 Å². The monoisotopic (exact) mass is 276 g/mol. The first-order valence-electron chi connectivity index (χ1n) is 5.88. The van der Waals surface area contributed by atoms with Crippen LogP contribution in [-0.4, -0.2) is 24.1 Å². The summed E-state index contributed by atoms with van der Waals surface area (Å²) in [7, 11) is 0. The van der Waals surface area contributed by atoms with Gasteiger partial charge in [0, 0.05) is 11.9 Å². The molecule has 6 heteroatoms. The molecule has 19 heavy (non-hydrogen) atoms. The molecule has 1 aromatic carbocycles. The lowest BCUT2D eigenvalue weighted by molar-refractivity contribution is 0.0946. The lowest BCUT2D eigenvalue weighted by Gasteiger charge is -2.18. The van der Waals surface area contributed by atoms with Crippen molar-refractivity contribution in [1.29, 1.82) is 0 Å². The van der Waals surface area contributed by atoms with Crippen LogP contribution in [0.4, 0.5) is 0 Å². The van der Waals surface area contributed by atoms with E-state index >= 15 is 0 Å². The first kappa shape index (κ1) is 12.0. The van der Waals surface area contributed by atoms with Crippen molar-refractivity contribution in [3.8, 4) is 11.5 Å². The van der Waals surface area contributed by atoms with Crippen LogP contribution in [0.25, 0.3) is 0 Å². The second-order valence-electron chi connectivity index (χ2n) is 4.03. The highest BCUT2D eigenvalue weighted by atomic mass is 32.1. The Labute approximate surface area is 114 Å². The Balaban J connectivity index is 1.65. The molecule has 2 aromatic rings. The van der Waals surface area contributed by atoms with Crippen LogP contribution in [0.2, 0.25) is 0 Å². The number of amides is 1. The van der Waals surface area contributed by atoms with Crippen LogP contribution in [0.1, 0.15) is 16.1 Å². The third kappa shape index (κ3) is 2.68.